The number of ether oxygens (including phenoxy) is 3. The summed E-state index contributed by atoms with van der Waals surface area (Å²) in [6, 6.07) is 11.5. The van der Waals surface area contributed by atoms with Crippen LogP contribution in [0, 0.1) is 0 Å². The van der Waals surface area contributed by atoms with Gasteiger partial charge in [0, 0.05) is 12.1 Å². The monoisotopic (exact) mass is 417 g/mol. The van der Waals surface area contributed by atoms with Crippen LogP contribution in [0.2, 0.25) is 0 Å². The van der Waals surface area contributed by atoms with Gasteiger partial charge in [-0.25, -0.2) is 0 Å². The van der Waals surface area contributed by atoms with Crippen molar-refractivity contribution >= 4 is 21.8 Å². The fourth-order valence-corrected chi connectivity index (χ4v) is 4.13. The zero-order chi connectivity index (χ0) is 18.1. The van der Waals surface area contributed by atoms with Crippen molar-refractivity contribution in [2.45, 2.75) is 18.9 Å². The molecule has 0 spiro atoms. The van der Waals surface area contributed by atoms with Gasteiger partial charge in [-0.05, 0) is 64.7 Å². The van der Waals surface area contributed by atoms with Crippen LogP contribution in [0.25, 0.3) is 0 Å². The second kappa shape index (κ2) is 7.19. The molecule has 1 atom stereocenters. The first-order valence-electron chi connectivity index (χ1n) is 8.71. The Morgan fingerprint density at radius 3 is 2.73 bits per heavy atom. The lowest BCUT2D eigenvalue weighted by atomic mass is 10.0. The molecule has 0 radical (unpaired) electrons. The summed E-state index contributed by atoms with van der Waals surface area (Å²) in [5.74, 6) is 2.28. The predicted octanol–water partition coefficient (Wildman–Crippen LogP) is 4.21. The van der Waals surface area contributed by atoms with E-state index in [0.717, 1.165) is 40.9 Å². The number of amides is 1. The molecule has 26 heavy (non-hydrogen) atoms. The third-order valence-corrected chi connectivity index (χ3v) is 5.48. The Morgan fingerprint density at radius 1 is 1.15 bits per heavy atom. The Balaban J connectivity index is 1.60. The van der Waals surface area contributed by atoms with Crippen LogP contribution >= 0.6 is 15.9 Å². The van der Waals surface area contributed by atoms with Crippen molar-refractivity contribution in [3.63, 3.8) is 0 Å². The van der Waals surface area contributed by atoms with Gasteiger partial charge in [0.15, 0.2) is 11.5 Å². The average molecular weight is 418 g/mol. The molecule has 0 aromatic heterocycles. The molecule has 0 unspecified atom stereocenters. The second-order valence-corrected chi connectivity index (χ2v) is 7.26. The van der Waals surface area contributed by atoms with Gasteiger partial charge >= 0.3 is 0 Å². The van der Waals surface area contributed by atoms with Gasteiger partial charge in [-0.2, -0.15) is 0 Å². The quantitative estimate of drug-likeness (QED) is 0.750. The van der Waals surface area contributed by atoms with Crippen LogP contribution in [0.5, 0.6) is 17.2 Å². The van der Waals surface area contributed by atoms with Crippen molar-refractivity contribution in [2.24, 2.45) is 0 Å². The van der Waals surface area contributed by atoms with Crippen molar-refractivity contribution in [1.29, 1.82) is 0 Å². The van der Waals surface area contributed by atoms with E-state index in [2.05, 4.69) is 15.9 Å². The number of fused-ring (bicyclic) bond motifs is 1. The summed E-state index contributed by atoms with van der Waals surface area (Å²) in [5.41, 5.74) is 1.75. The maximum atomic E-state index is 13.1. The topological polar surface area (TPSA) is 48.0 Å². The predicted molar refractivity (Wildman–Crippen MR) is 101 cm³/mol. The van der Waals surface area contributed by atoms with Gasteiger partial charge in [0.2, 0.25) is 0 Å². The molecule has 2 heterocycles. The van der Waals surface area contributed by atoms with Crippen molar-refractivity contribution < 1.29 is 19.0 Å². The number of methoxy groups -OCH3 is 1. The molecule has 0 N–H and O–H groups in total. The van der Waals surface area contributed by atoms with Crippen molar-refractivity contribution in [3.05, 3.63) is 52.0 Å². The largest absolute Gasteiger partial charge is 0.496 e. The Bertz CT molecular complexity index is 839. The molecule has 5 nitrogen and oxygen atoms in total. The number of carbonyl (C=O) groups excluding carboxylic acids is 1. The maximum absolute atomic E-state index is 13.1. The summed E-state index contributed by atoms with van der Waals surface area (Å²) in [7, 11) is 1.61. The molecule has 136 valence electrons. The number of hydrogen-bond donors (Lipinski definition) is 0. The Hall–Kier alpha value is -2.21. The zero-order valence-electron chi connectivity index (χ0n) is 14.5. The molecule has 6 heteroatoms. The van der Waals surface area contributed by atoms with E-state index in [4.69, 9.17) is 14.2 Å². The minimum Gasteiger partial charge on any atom is -0.496 e. The van der Waals surface area contributed by atoms with Crippen molar-refractivity contribution in [2.75, 3.05) is 26.9 Å². The fourth-order valence-electron chi connectivity index (χ4n) is 3.59. The second-order valence-electron chi connectivity index (χ2n) is 6.41. The smallest absolute Gasteiger partial charge is 0.254 e. The lowest BCUT2D eigenvalue weighted by molar-refractivity contribution is 0.0735. The molecule has 4 rings (SSSR count). The van der Waals surface area contributed by atoms with Crippen LogP contribution in [0.3, 0.4) is 0 Å². The van der Waals surface area contributed by atoms with E-state index in [1.165, 1.54) is 0 Å². The fraction of sp³-hybridized carbons (Fsp3) is 0.350. The Kier molecular flexibility index (Phi) is 4.76. The minimum atomic E-state index is 0.0331. The SMILES string of the molecule is COc1ccc(C(=O)N2CCC[C@H]2c2ccc3c(c2)OCCO3)cc1Br. The first-order chi connectivity index (χ1) is 12.7. The van der Waals surface area contributed by atoms with Crippen LogP contribution < -0.4 is 14.2 Å². The average Bonchev–Trinajstić information content (AvgIpc) is 3.16. The minimum absolute atomic E-state index is 0.0331. The summed E-state index contributed by atoms with van der Waals surface area (Å²) in [6.45, 7) is 1.89. The van der Waals surface area contributed by atoms with Crippen LogP contribution in [-0.2, 0) is 0 Å². The zero-order valence-corrected chi connectivity index (χ0v) is 16.1. The van der Waals surface area contributed by atoms with E-state index in [1.807, 2.05) is 41.3 Å². The highest BCUT2D eigenvalue weighted by molar-refractivity contribution is 9.10. The molecule has 2 aromatic carbocycles. The molecule has 1 amide bonds. The van der Waals surface area contributed by atoms with Crippen LogP contribution in [0.15, 0.2) is 40.9 Å². The van der Waals surface area contributed by atoms with Crippen molar-refractivity contribution in [3.8, 4) is 17.2 Å². The lowest BCUT2D eigenvalue weighted by Gasteiger charge is -2.27. The molecule has 0 saturated carbocycles. The number of halogens is 1. The van der Waals surface area contributed by atoms with E-state index >= 15 is 0 Å². The van der Waals surface area contributed by atoms with Crippen LogP contribution in [0.4, 0.5) is 0 Å². The van der Waals surface area contributed by atoms with Gasteiger partial charge in [-0.15, -0.1) is 0 Å². The highest BCUT2D eigenvalue weighted by Gasteiger charge is 2.31. The van der Waals surface area contributed by atoms with Crippen molar-refractivity contribution in [1.82, 2.24) is 4.90 Å². The molecule has 2 aromatic rings. The Labute approximate surface area is 161 Å². The first-order valence-corrected chi connectivity index (χ1v) is 9.51. The number of nitrogens with zero attached hydrogens (tertiary/aromatic N) is 1. The molecular weight excluding hydrogens is 398 g/mol. The number of benzene rings is 2. The number of rotatable bonds is 3. The van der Waals surface area contributed by atoms with Gasteiger partial charge in [-0.3, -0.25) is 4.79 Å². The molecule has 0 aliphatic carbocycles. The van der Waals surface area contributed by atoms with Gasteiger partial charge in [0.1, 0.15) is 19.0 Å². The first kappa shape index (κ1) is 17.2. The summed E-state index contributed by atoms with van der Waals surface area (Å²) < 4.78 is 17.3. The number of hydrogen-bond acceptors (Lipinski definition) is 4. The van der Waals surface area contributed by atoms with Crippen LogP contribution in [-0.4, -0.2) is 37.7 Å². The van der Waals surface area contributed by atoms with Gasteiger partial charge < -0.3 is 19.1 Å². The normalized spacial score (nSPS) is 18.7. The van der Waals surface area contributed by atoms with E-state index in [1.54, 1.807) is 7.11 Å². The van der Waals surface area contributed by atoms with E-state index < -0.39 is 0 Å². The van der Waals surface area contributed by atoms with Gasteiger partial charge in [0.05, 0.1) is 17.6 Å². The Morgan fingerprint density at radius 2 is 1.96 bits per heavy atom. The summed E-state index contributed by atoms with van der Waals surface area (Å²) in [5, 5.41) is 0. The highest BCUT2D eigenvalue weighted by atomic mass is 79.9. The standard InChI is InChI=1S/C20H20BrNO4/c1-24-17-6-5-14(11-15(17)21)20(23)22-8-2-3-16(22)13-4-7-18-19(12-13)26-10-9-25-18/h4-7,11-12,16H,2-3,8-10H2,1H3/t16-/m0/s1. The molecule has 1 saturated heterocycles. The molecule has 2 aliphatic rings. The molecule has 1 fully saturated rings. The molecular formula is C20H20BrNO4. The summed E-state index contributed by atoms with van der Waals surface area (Å²) in [4.78, 5) is 15.0. The highest BCUT2D eigenvalue weighted by Crippen LogP contribution is 2.39. The van der Waals surface area contributed by atoms with Gasteiger partial charge in [0.25, 0.3) is 5.91 Å². The maximum Gasteiger partial charge on any atom is 0.254 e. The van der Waals surface area contributed by atoms with Gasteiger partial charge in [-0.1, -0.05) is 6.07 Å². The third kappa shape index (κ3) is 3.14. The third-order valence-electron chi connectivity index (χ3n) is 4.86. The summed E-state index contributed by atoms with van der Waals surface area (Å²) >= 11 is 3.46. The lowest BCUT2D eigenvalue weighted by Crippen LogP contribution is -2.30. The summed E-state index contributed by atoms with van der Waals surface area (Å²) in [6.07, 6.45) is 1.94. The number of likely N-dealkylation sites (tertiary alicyclic amines) is 1. The van der Waals surface area contributed by atoms with E-state index in [-0.39, 0.29) is 11.9 Å². The van der Waals surface area contributed by atoms with E-state index in [0.29, 0.717) is 24.5 Å². The molecule has 0 bridgehead atoms. The van der Waals surface area contributed by atoms with E-state index in [9.17, 15) is 4.79 Å². The molecule has 2 aliphatic heterocycles. The number of carbonyl (C=O) groups is 1. The van der Waals surface area contributed by atoms with Crippen LogP contribution in [0.1, 0.15) is 34.8 Å².